The van der Waals surface area contributed by atoms with E-state index in [1.807, 2.05) is 19.1 Å². The van der Waals surface area contributed by atoms with E-state index in [4.69, 9.17) is 0 Å². The highest BCUT2D eigenvalue weighted by Crippen LogP contribution is 2.37. The molecule has 26 heavy (non-hydrogen) atoms. The number of nitrogens with one attached hydrogen (secondary N) is 1. The molecule has 0 unspecified atom stereocenters. The second kappa shape index (κ2) is 6.22. The van der Waals surface area contributed by atoms with E-state index in [1.54, 1.807) is 30.5 Å². The van der Waals surface area contributed by atoms with Crippen molar-refractivity contribution in [3.05, 3.63) is 89.1 Å². The monoisotopic (exact) mass is 351 g/mol. The maximum atomic E-state index is 14.1. The van der Waals surface area contributed by atoms with E-state index >= 15 is 0 Å². The molecule has 1 aliphatic heterocycles. The third-order valence-corrected chi connectivity index (χ3v) is 4.33. The number of hydrogen-bond donors (Lipinski definition) is 1. The molecule has 2 heterocycles. The zero-order chi connectivity index (χ0) is 18.3. The van der Waals surface area contributed by atoms with Gasteiger partial charge in [-0.3, -0.25) is 9.69 Å². The van der Waals surface area contributed by atoms with Gasteiger partial charge in [-0.15, -0.1) is 0 Å². The van der Waals surface area contributed by atoms with Gasteiger partial charge >= 0.3 is 0 Å². The van der Waals surface area contributed by atoms with Gasteiger partial charge in [-0.25, -0.2) is 13.8 Å². The van der Waals surface area contributed by atoms with Gasteiger partial charge in [0.25, 0.3) is 5.91 Å². The van der Waals surface area contributed by atoms with Gasteiger partial charge in [0.05, 0.1) is 5.69 Å². The highest BCUT2D eigenvalue weighted by atomic mass is 19.1. The Labute approximate surface area is 149 Å². The molecule has 0 saturated carbocycles. The van der Waals surface area contributed by atoms with Gasteiger partial charge in [-0.1, -0.05) is 24.3 Å². The average molecular weight is 351 g/mol. The van der Waals surface area contributed by atoms with Crippen LogP contribution >= 0.6 is 0 Å². The molecular formula is C20H15F2N3O. The van der Waals surface area contributed by atoms with Gasteiger partial charge < -0.3 is 5.32 Å². The molecule has 4 rings (SSSR count). The number of aromatic nitrogens is 1. The zero-order valence-electron chi connectivity index (χ0n) is 13.9. The van der Waals surface area contributed by atoms with Crippen LogP contribution in [0, 0.1) is 18.6 Å². The van der Waals surface area contributed by atoms with Gasteiger partial charge in [0.2, 0.25) is 0 Å². The number of pyridine rings is 1. The number of carbonyl (C=O) groups is 1. The van der Waals surface area contributed by atoms with E-state index in [0.29, 0.717) is 16.9 Å². The van der Waals surface area contributed by atoms with Crippen LogP contribution in [0.4, 0.5) is 20.3 Å². The van der Waals surface area contributed by atoms with E-state index < -0.39 is 17.8 Å². The Balaban J connectivity index is 1.79. The number of amides is 1. The Morgan fingerprint density at radius 3 is 2.62 bits per heavy atom. The molecule has 4 nitrogen and oxygen atoms in total. The van der Waals surface area contributed by atoms with Crippen molar-refractivity contribution in [2.45, 2.75) is 13.1 Å². The van der Waals surface area contributed by atoms with Crippen molar-refractivity contribution < 1.29 is 13.6 Å². The van der Waals surface area contributed by atoms with Gasteiger partial charge in [-0.2, -0.15) is 0 Å². The molecule has 1 atom stereocenters. The summed E-state index contributed by atoms with van der Waals surface area (Å²) in [6.07, 6.45) is 1.02. The number of benzene rings is 2. The maximum absolute atomic E-state index is 14.1. The van der Waals surface area contributed by atoms with E-state index in [9.17, 15) is 13.6 Å². The number of rotatable bonds is 3. The number of halogens is 2. The summed E-state index contributed by atoms with van der Waals surface area (Å²) in [7, 11) is 0. The van der Waals surface area contributed by atoms with Crippen LogP contribution in [-0.2, 0) is 0 Å². The fourth-order valence-corrected chi connectivity index (χ4v) is 3.05. The molecule has 0 aliphatic carbocycles. The van der Waals surface area contributed by atoms with Crippen molar-refractivity contribution >= 4 is 17.4 Å². The summed E-state index contributed by atoms with van der Waals surface area (Å²) in [5.41, 5.74) is 2.31. The second-order valence-electron chi connectivity index (χ2n) is 6.13. The van der Waals surface area contributed by atoms with Crippen molar-refractivity contribution in [2.24, 2.45) is 0 Å². The first-order valence-corrected chi connectivity index (χ1v) is 8.11. The van der Waals surface area contributed by atoms with Crippen molar-refractivity contribution in [1.29, 1.82) is 0 Å². The number of carbonyl (C=O) groups excluding carboxylic acids is 1. The number of hydrogen-bond acceptors (Lipinski definition) is 3. The quantitative estimate of drug-likeness (QED) is 0.759. The minimum absolute atomic E-state index is 0.109. The molecule has 3 aromatic rings. The van der Waals surface area contributed by atoms with Crippen molar-refractivity contribution in [3.8, 4) is 0 Å². The topological polar surface area (TPSA) is 45.2 Å². The molecular weight excluding hydrogens is 336 g/mol. The summed E-state index contributed by atoms with van der Waals surface area (Å²) >= 11 is 0. The van der Waals surface area contributed by atoms with Gasteiger partial charge in [0, 0.05) is 23.4 Å². The Kier molecular flexibility index (Phi) is 3.88. The van der Waals surface area contributed by atoms with Crippen LogP contribution in [0.1, 0.15) is 27.7 Å². The molecule has 2 aromatic carbocycles. The van der Waals surface area contributed by atoms with Crippen molar-refractivity contribution in [2.75, 3.05) is 10.2 Å². The van der Waals surface area contributed by atoms with E-state index in [2.05, 4.69) is 10.3 Å². The van der Waals surface area contributed by atoms with Crippen LogP contribution in [0.15, 0.2) is 60.8 Å². The van der Waals surface area contributed by atoms with Crippen LogP contribution in [0.2, 0.25) is 0 Å². The third-order valence-electron chi connectivity index (χ3n) is 4.33. The first-order valence-electron chi connectivity index (χ1n) is 8.11. The fourth-order valence-electron chi connectivity index (χ4n) is 3.05. The lowest BCUT2D eigenvalue weighted by atomic mass is 10.1. The number of nitrogens with zero attached hydrogens (tertiary/aromatic N) is 2. The van der Waals surface area contributed by atoms with Crippen LogP contribution in [-0.4, -0.2) is 10.9 Å². The number of anilines is 2. The van der Waals surface area contributed by atoms with Gasteiger partial charge in [-0.05, 0) is 36.8 Å². The predicted molar refractivity (Wildman–Crippen MR) is 94.9 cm³/mol. The standard InChI is InChI=1S/C20H15F2N3O/c1-12-6-9-18(23-11-12)25-19(14-4-2-3-5-15(14)20(25)26)24-17-8-7-13(21)10-16(17)22/h2-11,19,24H,1H3/t19-/m0/s1. The molecule has 1 N–H and O–H groups in total. The Bertz CT molecular complexity index is 989. The average Bonchev–Trinajstić information content (AvgIpc) is 2.91. The van der Waals surface area contributed by atoms with Gasteiger partial charge in [0.1, 0.15) is 23.6 Å². The molecule has 0 saturated heterocycles. The lowest BCUT2D eigenvalue weighted by Gasteiger charge is -2.26. The van der Waals surface area contributed by atoms with Crippen LogP contribution in [0.25, 0.3) is 0 Å². The highest BCUT2D eigenvalue weighted by Gasteiger charge is 2.38. The number of fused-ring (bicyclic) bond motifs is 1. The van der Waals surface area contributed by atoms with Crippen molar-refractivity contribution in [3.63, 3.8) is 0 Å². The number of aryl methyl sites for hydroxylation is 1. The smallest absolute Gasteiger partial charge is 0.261 e. The zero-order valence-corrected chi connectivity index (χ0v) is 13.9. The predicted octanol–water partition coefficient (Wildman–Crippen LogP) is 4.44. The lowest BCUT2D eigenvalue weighted by molar-refractivity contribution is 0.0992. The first-order chi connectivity index (χ1) is 12.5. The summed E-state index contributed by atoms with van der Waals surface area (Å²) in [5.74, 6) is -1.15. The minimum atomic E-state index is -0.723. The van der Waals surface area contributed by atoms with Crippen molar-refractivity contribution in [1.82, 2.24) is 4.98 Å². The maximum Gasteiger partial charge on any atom is 0.261 e. The SMILES string of the molecule is Cc1ccc(N2C(=O)c3ccccc3[C@H]2Nc2ccc(F)cc2F)nc1. The lowest BCUT2D eigenvalue weighted by Crippen LogP contribution is -2.33. The molecule has 1 aliphatic rings. The Hall–Kier alpha value is -3.28. The summed E-state index contributed by atoms with van der Waals surface area (Å²) in [6.45, 7) is 1.90. The molecule has 1 aromatic heterocycles. The molecule has 0 bridgehead atoms. The molecule has 1 amide bonds. The van der Waals surface area contributed by atoms with Crippen LogP contribution < -0.4 is 10.2 Å². The summed E-state index contributed by atoms with van der Waals surface area (Å²) in [4.78, 5) is 18.7. The van der Waals surface area contributed by atoms with E-state index in [0.717, 1.165) is 11.6 Å². The van der Waals surface area contributed by atoms with E-state index in [1.165, 1.54) is 17.0 Å². The summed E-state index contributed by atoms with van der Waals surface area (Å²) < 4.78 is 27.3. The minimum Gasteiger partial charge on any atom is -0.359 e. The molecule has 130 valence electrons. The molecule has 6 heteroatoms. The molecule has 0 radical (unpaired) electrons. The first kappa shape index (κ1) is 16.2. The third kappa shape index (κ3) is 2.69. The normalized spacial score (nSPS) is 15.9. The van der Waals surface area contributed by atoms with Crippen LogP contribution in [0.5, 0.6) is 0 Å². The largest absolute Gasteiger partial charge is 0.359 e. The molecule has 0 spiro atoms. The Morgan fingerprint density at radius 2 is 1.88 bits per heavy atom. The van der Waals surface area contributed by atoms with Gasteiger partial charge in [0.15, 0.2) is 0 Å². The van der Waals surface area contributed by atoms with Crippen LogP contribution in [0.3, 0.4) is 0 Å². The molecule has 0 fully saturated rings. The highest BCUT2D eigenvalue weighted by molar-refractivity contribution is 6.11. The Morgan fingerprint density at radius 1 is 1.08 bits per heavy atom. The summed E-state index contributed by atoms with van der Waals surface area (Å²) in [6, 6.07) is 14.0. The van der Waals surface area contributed by atoms with E-state index in [-0.39, 0.29) is 11.6 Å². The fraction of sp³-hybridized carbons (Fsp3) is 0.100. The second-order valence-corrected chi connectivity index (χ2v) is 6.13. The summed E-state index contributed by atoms with van der Waals surface area (Å²) in [5, 5.41) is 3.01.